The standard InChI is InChI=1S/C23H32N2O3Si/c1-23(2,3)29(5,6)28-15-17-9-7-8-10-19(17)25-21(20(24)22(25)26)16-11-13-18(27-4)14-12-16/h7-14,20-21H,15,24H2,1-6H3/t20-,21-/m0/s1. The summed E-state index contributed by atoms with van der Waals surface area (Å²) >= 11 is 0. The van der Waals surface area contributed by atoms with Gasteiger partial charge in [0.25, 0.3) is 0 Å². The van der Waals surface area contributed by atoms with E-state index in [0.717, 1.165) is 22.6 Å². The van der Waals surface area contributed by atoms with Gasteiger partial charge in [0.2, 0.25) is 5.91 Å². The van der Waals surface area contributed by atoms with Crippen molar-refractivity contribution < 1.29 is 14.0 Å². The maximum atomic E-state index is 12.7. The summed E-state index contributed by atoms with van der Waals surface area (Å²) < 4.78 is 11.7. The van der Waals surface area contributed by atoms with Gasteiger partial charge in [-0.1, -0.05) is 51.1 Å². The first-order valence-corrected chi connectivity index (χ1v) is 12.9. The van der Waals surface area contributed by atoms with Crippen LogP contribution in [0.15, 0.2) is 48.5 Å². The van der Waals surface area contributed by atoms with Crippen LogP contribution in [0.2, 0.25) is 18.1 Å². The van der Waals surface area contributed by atoms with E-state index < -0.39 is 14.4 Å². The van der Waals surface area contributed by atoms with Crippen molar-refractivity contribution in [2.24, 2.45) is 5.73 Å². The molecule has 1 amide bonds. The molecule has 1 heterocycles. The molecule has 5 nitrogen and oxygen atoms in total. The maximum absolute atomic E-state index is 12.7. The monoisotopic (exact) mass is 412 g/mol. The predicted octanol–water partition coefficient (Wildman–Crippen LogP) is 4.63. The Morgan fingerprint density at radius 3 is 2.28 bits per heavy atom. The van der Waals surface area contributed by atoms with Gasteiger partial charge in [0.1, 0.15) is 11.8 Å². The van der Waals surface area contributed by atoms with Gasteiger partial charge in [-0.25, -0.2) is 0 Å². The van der Waals surface area contributed by atoms with Crippen LogP contribution in [-0.2, 0) is 15.8 Å². The number of benzene rings is 2. The number of nitrogens with two attached hydrogens (primary N) is 1. The van der Waals surface area contributed by atoms with Crippen LogP contribution in [0.4, 0.5) is 5.69 Å². The van der Waals surface area contributed by atoms with E-state index in [1.165, 1.54) is 0 Å². The number of ether oxygens (including phenoxy) is 1. The molecule has 156 valence electrons. The number of nitrogens with zero attached hydrogens (tertiary/aromatic N) is 1. The van der Waals surface area contributed by atoms with Crippen LogP contribution in [0.1, 0.15) is 37.9 Å². The summed E-state index contributed by atoms with van der Waals surface area (Å²) in [5.74, 6) is 0.716. The predicted molar refractivity (Wildman–Crippen MR) is 120 cm³/mol. The Morgan fingerprint density at radius 1 is 1.07 bits per heavy atom. The molecule has 0 radical (unpaired) electrons. The van der Waals surface area contributed by atoms with E-state index in [-0.39, 0.29) is 17.0 Å². The van der Waals surface area contributed by atoms with Crippen molar-refractivity contribution in [2.75, 3.05) is 12.0 Å². The first-order chi connectivity index (χ1) is 13.6. The molecule has 0 spiro atoms. The van der Waals surface area contributed by atoms with Gasteiger partial charge in [-0.3, -0.25) is 4.79 Å². The summed E-state index contributed by atoms with van der Waals surface area (Å²) in [5, 5.41) is 0.127. The molecule has 29 heavy (non-hydrogen) atoms. The van der Waals surface area contributed by atoms with Gasteiger partial charge in [0.05, 0.1) is 19.8 Å². The molecule has 0 aromatic heterocycles. The average molecular weight is 413 g/mol. The Hall–Kier alpha value is -2.15. The first kappa shape index (κ1) is 21.6. The van der Waals surface area contributed by atoms with E-state index in [9.17, 15) is 4.79 Å². The van der Waals surface area contributed by atoms with Crippen molar-refractivity contribution in [3.63, 3.8) is 0 Å². The van der Waals surface area contributed by atoms with Crippen LogP contribution in [0.25, 0.3) is 0 Å². The Balaban J connectivity index is 1.88. The SMILES string of the molecule is COc1ccc([C@H]2[C@H](N)C(=O)N2c2ccccc2CO[Si](C)(C)C(C)(C)C)cc1. The number of carbonyl (C=O) groups excluding carboxylic acids is 1. The summed E-state index contributed by atoms with van der Waals surface area (Å²) in [4.78, 5) is 14.5. The second kappa shape index (κ2) is 7.93. The highest BCUT2D eigenvalue weighted by Crippen LogP contribution is 2.41. The van der Waals surface area contributed by atoms with Crippen molar-refractivity contribution in [2.45, 2.75) is 57.6 Å². The summed E-state index contributed by atoms with van der Waals surface area (Å²) in [6.07, 6.45) is 0. The summed E-state index contributed by atoms with van der Waals surface area (Å²) in [5.41, 5.74) is 9.08. The molecule has 0 aliphatic carbocycles. The van der Waals surface area contributed by atoms with Crippen LogP contribution in [-0.4, -0.2) is 27.4 Å². The van der Waals surface area contributed by atoms with E-state index in [2.05, 4.69) is 33.9 Å². The molecule has 1 aliphatic heterocycles. The third kappa shape index (κ3) is 4.10. The van der Waals surface area contributed by atoms with Gasteiger partial charge in [0, 0.05) is 11.3 Å². The molecule has 0 bridgehead atoms. The zero-order chi connectivity index (χ0) is 21.4. The minimum Gasteiger partial charge on any atom is -0.497 e. The lowest BCUT2D eigenvalue weighted by Crippen LogP contribution is -2.63. The minimum absolute atomic E-state index is 0.0643. The van der Waals surface area contributed by atoms with Gasteiger partial charge in [-0.15, -0.1) is 0 Å². The molecular weight excluding hydrogens is 380 g/mol. The number of methoxy groups -OCH3 is 1. The summed E-state index contributed by atoms with van der Waals surface area (Å²) in [6, 6.07) is 14.9. The largest absolute Gasteiger partial charge is 0.497 e. The van der Waals surface area contributed by atoms with Gasteiger partial charge in [-0.2, -0.15) is 0 Å². The topological polar surface area (TPSA) is 64.8 Å². The Bertz CT molecular complexity index is 874. The van der Waals surface area contributed by atoms with E-state index in [4.69, 9.17) is 14.9 Å². The van der Waals surface area contributed by atoms with Crippen LogP contribution in [0.5, 0.6) is 5.75 Å². The molecule has 2 atom stereocenters. The summed E-state index contributed by atoms with van der Waals surface area (Å²) in [6.45, 7) is 11.6. The van der Waals surface area contributed by atoms with Crippen LogP contribution in [0, 0.1) is 0 Å². The van der Waals surface area contributed by atoms with Crippen molar-refractivity contribution in [1.29, 1.82) is 0 Å². The zero-order valence-corrected chi connectivity index (χ0v) is 19.2. The van der Waals surface area contributed by atoms with E-state index in [0.29, 0.717) is 6.61 Å². The third-order valence-electron chi connectivity index (χ3n) is 6.24. The van der Waals surface area contributed by atoms with Gasteiger partial charge >= 0.3 is 0 Å². The molecule has 3 rings (SSSR count). The number of amides is 1. The number of rotatable bonds is 6. The highest BCUT2D eigenvalue weighted by molar-refractivity contribution is 6.74. The zero-order valence-electron chi connectivity index (χ0n) is 18.2. The molecule has 2 N–H and O–H groups in total. The smallest absolute Gasteiger partial charge is 0.247 e. The fourth-order valence-corrected chi connectivity index (χ4v) is 4.23. The second-order valence-electron chi connectivity index (χ2n) is 9.13. The average Bonchev–Trinajstić information content (AvgIpc) is 2.69. The molecule has 6 heteroatoms. The number of anilines is 1. The summed E-state index contributed by atoms with van der Waals surface area (Å²) in [7, 11) is -0.264. The maximum Gasteiger partial charge on any atom is 0.247 e. The quantitative estimate of drug-likeness (QED) is 0.555. The number of para-hydroxylation sites is 1. The van der Waals surface area contributed by atoms with E-state index in [1.807, 2.05) is 48.5 Å². The fraction of sp³-hybridized carbons (Fsp3) is 0.435. The Kier molecular flexibility index (Phi) is 5.90. The highest BCUT2D eigenvalue weighted by Gasteiger charge is 2.47. The third-order valence-corrected chi connectivity index (χ3v) is 10.7. The van der Waals surface area contributed by atoms with Crippen LogP contribution >= 0.6 is 0 Å². The Labute approximate surface area is 174 Å². The second-order valence-corrected chi connectivity index (χ2v) is 13.9. The molecular formula is C23H32N2O3Si. The van der Waals surface area contributed by atoms with Gasteiger partial charge in [-0.05, 0) is 41.9 Å². The van der Waals surface area contributed by atoms with E-state index in [1.54, 1.807) is 12.0 Å². The molecule has 1 saturated heterocycles. The lowest BCUT2D eigenvalue weighted by Gasteiger charge is -2.46. The fourth-order valence-electron chi connectivity index (χ4n) is 3.28. The molecule has 0 unspecified atom stereocenters. The van der Waals surface area contributed by atoms with Crippen molar-refractivity contribution >= 4 is 19.9 Å². The first-order valence-electron chi connectivity index (χ1n) is 10.0. The number of carbonyl (C=O) groups is 1. The van der Waals surface area contributed by atoms with Crippen molar-refractivity contribution in [3.8, 4) is 5.75 Å². The lowest BCUT2D eigenvalue weighted by molar-refractivity contribution is -0.126. The molecule has 1 aliphatic rings. The molecule has 2 aromatic rings. The van der Waals surface area contributed by atoms with Gasteiger partial charge < -0.3 is 19.8 Å². The minimum atomic E-state index is -1.90. The lowest BCUT2D eigenvalue weighted by atomic mass is 9.87. The number of β-lactam (4-membered cyclic amide) rings is 1. The molecule has 0 saturated carbocycles. The Morgan fingerprint density at radius 2 is 1.69 bits per heavy atom. The normalized spacial score (nSPS) is 19.8. The van der Waals surface area contributed by atoms with Crippen molar-refractivity contribution in [3.05, 3.63) is 59.7 Å². The van der Waals surface area contributed by atoms with E-state index >= 15 is 0 Å². The highest BCUT2D eigenvalue weighted by atomic mass is 28.4. The van der Waals surface area contributed by atoms with Crippen LogP contribution < -0.4 is 15.4 Å². The van der Waals surface area contributed by atoms with Crippen molar-refractivity contribution in [1.82, 2.24) is 0 Å². The van der Waals surface area contributed by atoms with Gasteiger partial charge in [0.15, 0.2) is 8.32 Å². The number of hydrogen-bond acceptors (Lipinski definition) is 4. The number of hydrogen-bond donors (Lipinski definition) is 1. The molecule has 1 fully saturated rings. The van der Waals surface area contributed by atoms with Crippen LogP contribution in [0.3, 0.4) is 0 Å². The molecule has 2 aromatic carbocycles.